The van der Waals surface area contributed by atoms with Gasteiger partial charge in [-0.05, 0) is 37.1 Å². The van der Waals surface area contributed by atoms with Gasteiger partial charge in [-0.3, -0.25) is 4.79 Å². The molecule has 0 radical (unpaired) electrons. The van der Waals surface area contributed by atoms with Gasteiger partial charge in [0, 0.05) is 31.1 Å². The number of hydrogen-bond donors (Lipinski definition) is 3. The van der Waals surface area contributed by atoms with E-state index in [9.17, 15) is 18.3 Å². The van der Waals surface area contributed by atoms with Crippen molar-refractivity contribution in [2.75, 3.05) is 19.6 Å². The summed E-state index contributed by atoms with van der Waals surface area (Å²) in [5, 5.41) is 15.3. The molecule has 2 unspecified atom stereocenters. The second-order valence-corrected chi connectivity index (χ2v) is 8.90. The lowest BCUT2D eigenvalue weighted by Gasteiger charge is -2.14. The van der Waals surface area contributed by atoms with Gasteiger partial charge in [0.1, 0.15) is 0 Å². The van der Waals surface area contributed by atoms with Crippen LogP contribution >= 0.6 is 0 Å². The fraction of sp³-hybridized carbons (Fsp3) is 0.588. The van der Waals surface area contributed by atoms with Gasteiger partial charge in [-0.1, -0.05) is 12.8 Å². The Bertz CT molecular complexity index is 681. The predicted molar refractivity (Wildman–Crippen MR) is 90.6 cm³/mol. The molecule has 7 heteroatoms. The van der Waals surface area contributed by atoms with Crippen molar-refractivity contribution in [3.8, 4) is 0 Å². The maximum Gasteiger partial charge on any atom is 0.251 e. The highest BCUT2D eigenvalue weighted by molar-refractivity contribution is 7.92. The average molecular weight is 352 g/mol. The molecule has 2 fully saturated rings. The molecule has 6 nitrogen and oxygen atoms in total. The Balaban J connectivity index is 1.62. The van der Waals surface area contributed by atoms with E-state index in [-0.39, 0.29) is 17.1 Å². The molecule has 24 heavy (non-hydrogen) atoms. The first-order valence-electron chi connectivity index (χ1n) is 8.49. The van der Waals surface area contributed by atoms with Gasteiger partial charge in [-0.2, -0.15) is 0 Å². The Labute approximate surface area is 142 Å². The maximum atomic E-state index is 12.5. The van der Waals surface area contributed by atoms with Crippen molar-refractivity contribution < 1.29 is 18.3 Å². The summed E-state index contributed by atoms with van der Waals surface area (Å²) in [6.45, 7) is 1.63. The summed E-state index contributed by atoms with van der Waals surface area (Å²) in [5.41, 5.74) is 0.431. The number of carbonyl (C=O) groups excluding carboxylic acids is 1. The number of hydrogen-bond acceptors (Lipinski definition) is 5. The highest BCUT2D eigenvalue weighted by Crippen LogP contribution is 2.29. The van der Waals surface area contributed by atoms with Crippen LogP contribution in [0.15, 0.2) is 29.2 Å². The van der Waals surface area contributed by atoms with Crippen LogP contribution in [0.3, 0.4) is 0 Å². The molecule has 3 N–H and O–H groups in total. The van der Waals surface area contributed by atoms with Gasteiger partial charge in [0.2, 0.25) is 0 Å². The summed E-state index contributed by atoms with van der Waals surface area (Å²) in [5.74, 6) is -0.241. The molecule has 1 aromatic carbocycles. The highest BCUT2D eigenvalue weighted by Gasteiger charge is 2.30. The molecule has 1 aromatic rings. The minimum Gasteiger partial charge on any atom is -0.391 e. The Morgan fingerprint density at radius 3 is 2.42 bits per heavy atom. The number of aliphatic hydroxyl groups excluding tert-OH is 1. The van der Waals surface area contributed by atoms with E-state index in [2.05, 4.69) is 10.6 Å². The van der Waals surface area contributed by atoms with E-state index in [4.69, 9.17) is 0 Å². The second kappa shape index (κ2) is 7.21. The molecule has 1 aliphatic heterocycles. The first-order chi connectivity index (χ1) is 11.5. The summed E-state index contributed by atoms with van der Waals surface area (Å²) in [7, 11) is -3.29. The smallest absolute Gasteiger partial charge is 0.251 e. The van der Waals surface area contributed by atoms with Crippen LogP contribution in [-0.2, 0) is 9.84 Å². The lowest BCUT2D eigenvalue weighted by atomic mass is 10.1. The molecular weight excluding hydrogens is 328 g/mol. The molecule has 132 valence electrons. The van der Waals surface area contributed by atoms with Crippen molar-refractivity contribution >= 4 is 15.7 Å². The van der Waals surface area contributed by atoms with E-state index in [0.29, 0.717) is 30.1 Å². The van der Waals surface area contributed by atoms with Gasteiger partial charge in [-0.15, -0.1) is 0 Å². The van der Waals surface area contributed by atoms with Crippen LogP contribution in [0, 0.1) is 5.92 Å². The molecule has 1 aliphatic carbocycles. The second-order valence-electron chi connectivity index (χ2n) is 6.67. The number of carbonyl (C=O) groups is 1. The number of amides is 1. The molecule has 1 heterocycles. The van der Waals surface area contributed by atoms with Crippen LogP contribution in [0.25, 0.3) is 0 Å². The van der Waals surface area contributed by atoms with Gasteiger partial charge >= 0.3 is 0 Å². The molecule has 2 atom stereocenters. The third-order valence-electron chi connectivity index (χ3n) is 5.02. The van der Waals surface area contributed by atoms with E-state index in [1.807, 2.05) is 0 Å². The molecule has 0 aromatic heterocycles. The monoisotopic (exact) mass is 352 g/mol. The molecule has 1 saturated carbocycles. The fourth-order valence-electron chi connectivity index (χ4n) is 3.44. The van der Waals surface area contributed by atoms with Crippen molar-refractivity contribution in [1.29, 1.82) is 0 Å². The normalized spacial score (nSPS) is 25.0. The largest absolute Gasteiger partial charge is 0.391 e. The lowest BCUT2D eigenvalue weighted by molar-refractivity contribution is 0.0927. The lowest BCUT2D eigenvalue weighted by Crippen LogP contribution is -2.34. The number of β-amino-alcohol motifs (C(OH)–C–C–N with tert-alkyl or cyclic N) is 1. The van der Waals surface area contributed by atoms with E-state index in [1.54, 1.807) is 12.1 Å². The average Bonchev–Trinajstić information content (AvgIpc) is 3.25. The Morgan fingerprint density at radius 1 is 1.17 bits per heavy atom. The summed E-state index contributed by atoms with van der Waals surface area (Å²) < 4.78 is 25.0. The van der Waals surface area contributed by atoms with Crippen molar-refractivity contribution in [1.82, 2.24) is 10.6 Å². The summed E-state index contributed by atoms with van der Waals surface area (Å²) >= 11 is 0. The van der Waals surface area contributed by atoms with E-state index in [0.717, 1.165) is 25.7 Å². The topological polar surface area (TPSA) is 95.5 Å². The zero-order valence-electron chi connectivity index (χ0n) is 13.6. The number of rotatable bonds is 5. The minimum atomic E-state index is -3.29. The van der Waals surface area contributed by atoms with Gasteiger partial charge in [0.15, 0.2) is 9.84 Å². The summed E-state index contributed by atoms with van der Waals surface area (Å²) in [6, 6.07) is 6.16. The molecule has 0 spiro atoms. The minimum absolute atomic E-state index is 0.0102. The van der Waals surface area contributed by atoms with Crippen molar-refractivity contribution in [2.24, 2.45) is 5.92 Å². The van der Waals surface area contributed by atoms with E-state index in [1.165, 1.54) is 12.1 Å². The van der Waals surface area contributed by atoms with Crippen molar-refractivity contribution in [3.63, 3.8) is 0 Å². The summed E-state index contributed by atoms with van der Waals surface area (Å²) in [4.78, 5) is 12.5. The number of sulfone groups is 1. The van der Waals surface area contributed by atoms with Crippen LogP contribution in [-0.4, -0.2) is 50.4 Å². The van der Waals surface area contributed by atoms with Crippen LogP contribution in [0.1, 0.15) is 36.0 Å². The zero-order valence-corrected chi connectivity index (χ0v) is 14.4. The number of aliphatic hydroxyl groups is 1. The molecule has 1 saturated heterocycles. The molecule has 2 aliphatic rings. The van der Waals surface area contributed by atoms with Gasteiger partial charge in [-0.25, -0.2) is 8.42 Å². The van der Waals surface area contributed by atoms with Crippen LogP contribution in [0.5, 0.6) is 0 Å². The van der Waals surface area contributed by atoms with Gasteiger partial charge in [0.05, 0.1) is 16.2 Å². The number of nitrogens with one attached hydrogen (secondary N) is 2. The van der Waals surface area contributed by atoms with Crippen LogP contribution in [0.4, 0.5) is 0 Å². The standard InChI is InChI=1S/C17H24N2O4S/c20-16-11-18-9-13(16)10-19-17(21)12-5-7-15(8-6-12)24(22,23)14-3-1-2-4-14/h5-8,13-14,16,18,20H,1-4,9-11H2,(H,19,21). The molecule has 1 amide bonds. The van der Waals surface area contributed by atoms with Crippen molar-refractivity contribution in [3.05, 3.63) is 29.8 Å². The Morgan fingerprint density at radius 2 is 1.83 bits per heavy atom. The Kier molecular flexibility index (Phi) is 5.22. The first-order valence-corrected chi connectivity index (χ1v) is 10.0. The SMILES string of the molecule is O=C(NCC1CNCC1O)c1ccc(S(=O)(=O)C2CCCC2)cc1. The molecule has 0 bridgehead atoms. The van der Waals surface area contributed by atoms with E-state index >= 15 is 0 Å². The summed E-state index contributed by atoms with van der Waals surface area (Å²) in [6.07, 6.45) is 2.94. The fourth-order valence-corrected chi connectivity index (χ4v) is 5.29. The van der Waals surface area contributed by atoms with Crippen LogP contribution < -0.4 is 10.6 Å². The van der Waals surface area contributed by atoms with Crippen molar-refractivity contribution in [2.45, 2.75) is 41.9 Å². The third-order valence-corrected chi connectivity index (χ3v) is 7.29. The maximum absolute atomic E-state index is 12.5. The quantitative estimate of drug-likeness (QED) is 0.725. The van der Waals surface area contributed by atoms with Crippen LogP contribution in [0.2, 0.25) is 0 Å². The Hall–Kier alpha value is -1.44. The number of benzene rings is 1. The van der Waals surface area contributed by atoms with E-state index < -0.39 is 15.9 Å². The third kappa shape index (κ3) is 3.63. The predicted octanol–water partition coefficient (Wildman–Crippen LogP) is 0.713. The first kappa shape index (κ1) is 17.4. The zero-order chi connectivity index (χ0) is 17.2. The highest BCUT2D eigenvalue weighted by atomic mass is 32.2. The molecular formula is C17H24N2O4S. The van der Waals surface area contributed by atoms with Gasteiger partial charge < -0.3 is 15.7 Å². The van der Waals surface area contributed by atoms with Gasteiger partial charge in [0.25, 0.3) is 5.91 Å². The molecule has 3 rings (SSSR count).